The molecule has 1 aliphatic heterocycles. The van der Waals surface area contributed by atoms with Crippen molar-refractivity contribution in [2.24, 2.45) is 0 Å². The van der Waals surface area contributed by atoms with Gasteiger partial charge in [-0.25, -0.2) is 4.79 Å². The van der Waals surface area contributed by atoms with Gasteiger partial charge in [-0.15, -0.1) is 0 Å². The predicted octanol–water partition coefficient (Wildman–Crippen LogP) is -0.967. The first-order chi connectivity index (χ1) is 6.91. The van der Waals surface area contributed by atoms with Crippen LogP contribution in [0.5, 0.6) is 0 Å². The summed E-state index contributed by atoms with van der Waals surface area (Å²) in [4.78, 5) is 11.1. The quantitative estimate of drug-likeness (QED) is 0.595. The summed E-state index contributed by atoms with van der Waals surface area (Å²) in [5.41, 5.74) is 0. The van der Waals surface area contributed by atoms with E-state index in [2.05, 4.69) is 4.74 Å². The molecule has 0 spiro atoms. The zero-order chi connectivity index (χ0) is 11.6. The second-order valence-electron chi connectivity index (χ2n) is 3.79. The van der Waals surface area contributed by atoms with Crippen LogP contribution >= 0.6 is 0 Å². The average Bonchev–Trinajstić information content (AvgIpc) is 2.51. The zero-order valence-corrected chi connectivity index (χ0v) is 8.97. The molecule has 1 rings (SSSR count). The Balaban J connectivity index is 2.72. The predicted molar refractivity (Wildman–Crippen MR) is 48.9 cm³/mol. The molecule has 3 unspecified atom stereocenters. The fraction of sp³-hybridized carbons (Fsp3) is 0.889. The van der Waals surface area contributed by atoms with E-state index in [1.807, 2.05) is 0 Å². The molecular formula is C9H16O6. The molecule has 1 fully saturated rings. The highest BCUT2D eigenvalue weighted by atomic mass is 16.8. The number of ether oxygens (including phenoxy) is 3. The Morgan fingerprint density at radius 3 is 2.60 bits per heavy atom. The standard InChI is InChI=1S/C9H16O6/c1-9(2)14-5(4-10)7(15-9)6(11)8(12)13-3/h5-7,10-11H,4H2,1-3H3. The van der Waals surface area contributed by atoms with E-state index < -0.39 is 30.1 Å². The summed E-state index contributed by atoms with van der Waals surface area (Å²) in [5, 5.41) is 18.6. The normalized spacial score (nSPS) is 31.3. The van der Waals surface area contributed by atoms with Crippen LogP contribution in [-0.4, -0.2) is 54.0 Å². The number of rotatable bonds is 3. The summed E-state index contributed by atoms with van der Waals surface area (Å²) in [6, 6.07) is 0. The van der Waals surface area contributed by atoms with Crippen LogP contribution in [0.25, 0.3) is 0 Å². The minimum Gasteiger partial charge on any atom is -0.467 e. The van der Waals surface area contributed by atoms with Crippen LogP contribution in [0.15, 0.2) is 0 Å². The highest BCUT2D eigenvalue weighted by Gasteiger charge is 2.47. The first kappa shape index (κ1) is 12.4. The fourth-order valence-corrected chi connectivity index (χ4v) is 1.53. The molecule has 2 N–H and O–H groups in total. The van der Waals surface area contributed by atoms with Crippen molar-refractivity contribution in [1.29, 1.82) is 0 Å². The summed E-state index contributed by atoms with van der Waals surface area (Å²) in [6.07, 6.45) is -3.08. The Bertz CT molecular complexity index is 239. The molecule has 0 bridgehead atoms. The van der Waals surface area contributed by atoms with Crippen molar-refractivity contribution < 1.29 is 29.2 Å². The molecule has 0 aromatic carbocycles. The van der Waals surface area contributed by atoms with E-state index in [1.165, 1.54) is 7.11 Å². The molecule has 15 heavy (non-hydrogen) atoms. The highest BCUT2D eigenvalue weighted by Crippen LogP contribution is 2.29. The van der Waals surface area contributed by atoms with E-state index >= 15 is 0 Å². The van der Waals surface area contributed by atoms with Gasteiger partial charge in [0.25, 0.3) is 0 Å². The summed E-state index contributed by atoms with van der Waals surface area (Å²) < 4.78 is 15.0. The molecular weight excluding hydrogens is 204 g/mol. The number of carbonyl (C=O) groups excluding carboxylic acids is 1. The third-order valence-electron chi connectivity index (χ3n) is 2.16. The van der Waals surface area contributed by atoms with Crippen molar-refractivity contribution in [3.05, 3.63) is 0 Å². The van der Waals surface area contributed by atoms with Crippen molar-refractivity contribution >= 4 is 5.97 Å². The van der Waals surface area contributed by atoms with Crippen LogP contribution in [0.1, 0.15) is 13.8 Å². The summed E-state index contributed by atoms with van der Waals surface area (Å²) in [5.74, 6) is -1.73. The SMILES string of the molecule is COC(=O)C(O)C1OC(C)(C)OC1CO. The van der Waals surface area contributed by atoms with Gasteiger partial charge in [-0.1, -0.05) is 0 Å². The summed E-state index contributed by atoms with van der Waals surface area (Å²) in [6.45, 7) is 2.95. The Kier molecular flexibility index (Phi) is 3.67. The lowest BCUT2D eigenvalue weighted by atomic mass is 10.1. The highest BCUT2D eigenvalue weighted by molar-refractivity contribution is 5.75. The van der Waals surface area contributed by atoms with Gasteiger partial charge in [0, 0.05) is 0 Å². The zero-order valence-electron chi connectivity index (χ0n) is 8.97. The third kappa shape index (κ3) is 2.66. The van der Waals surface area contributed by atoms with Crippen LogP contribution in [0.3, 0.4) is 0 Å². The van der Waals surface area contributed by atoms with Gasteiger partial charge in [-0.2, -0.15) is 0 Å². The molecule has 6 nitrogen and oxygen atoms in total. The Hall–Kier alpha value is -0.690. The fourth-order valence-electron chi connectivity index (χ4n) is 1.53. The number of aliphatic hydroxyl groups excluding tert-OH is 2. The van der Waals surface area contributed by atoms with Crippen LogP contribution < -0.4 is 0 Å². The van der Waals surface area contributed by atoms with E-state index in [0.29, 0.717) is 0 Å². The van der Waals surface area contributed by atoms with E-state index in [4.69, 9.17) is 14.6 Å². The number of carbonyl (C=O) groups is 1. The minimum atomic E-state index is -1.45. The van der Waals surface area contributed by atoms with Crippen LogP contribution in [0.4, 0.5) is 0 Å². The Morgan fingerprint density at radius 2 is 2.13 bits per heavy atom. The van der Waals surface area contributed by atoms with Crippen molar-refractivity contribution in [2.75, 3.05) is 13.7 Å². The maximum absolute atomic E-state index is 11.1. The number of aliphatic hydroxyl groups is 2. The Morgan fingerprint density at radius 1 is 1.53 bits per heavy atom. The maximum atomic E-state index is 11.1. The summed E-state index contributed by atoms with van der Waals surface area (Å²) >= 11 is 0. The molecule has 0 aliphatic carbocycles. The first-order valence-electron chi connectivity index (χ1n) is 4.63. The van der Waals surface area contributed by atoms with Crippen molar-refractivity contribution in [2.45, 2.75) is 37.9 Å². The van der Waals surface area contributed by atoms with E-state index in [1.54, 1.807) is 13.8 Å². The number of methoxy groups -OCH3 is 1. The van der Waals surface area contributed by atoms with Gasteiger partial charge < -0.3 is 24.4 Å². The molecule has 1 aliphatic rings. The minimum absolute atomic E-state index is 0.331. The second-order valence-corrected chi connectivity index (χ2v) is 3.79. The molecule has 6 heteroatoms. The Labute approximate surface area is 87.7 Å². The molecule has 0 radical (unpaired) electrons. The van der Waals surface area contributed by atoms with Crippen LogP contribution in [-0.2, 0) is 19.0 Å². The lowest BCUT2D eigenvalue weighted by molar-refractivity contribution is -0.171. The average molecular weight is 220 g/mol. The third-order valence-corrected chi connectivity index (χ3v) is 2.16. The van der Waals surface area contributed by atoms with Crippen LogP contribution in [0.2, 0.25) is 0 Å². The largest absolute Gasteiger partial charge is 0.467 e. The molecule has 0 aromatic heterocycles. The molecule has 3 atom stereocenters. The number of esters is 1. The molecule has 0 saturated carbocycles. The van der Waals surface area contributed by atoms with Gasteiger partial charge in [0.15, 0.2) is 11.9 Å². The topological polar surface area (TPSA) is 85.2 Å². The molecule has 88 valence electrons. The summed E-state index contributed by atoms with van der Waals surface area (Å²) in [7, 11) is 1.17. The van der Waals surface area contributed by atoms with E-state index in [9.17, 15) is 9.90 Å². The molecule has 1 saturated heterocycles. The van der Waals surface area contributed by atoms with E-state index in [-0.39, 0.29) is 6.61 Å². The number of hydrogen-bond donors (Lipinski definition) is 2. The maximum Gasteiger partial charge on any atom is 0.337 e. The number of hydrogen-bond acceptors (Lipinski definition) is 6. The second kappa shape index (κ2) is 4.44. The monoisotopic (exact) mass is 220 g/mol. The van der Waals surface area contributed by atoms with Gasteiger partial charge >= 0.3 is 5.97 Å². The van der Waals surface area contributed by atoms with Gasteiger partial charge in [0.1, 0.15) is 12.2 Å². The van der Waals surface area contributed by atoms with Gasteiger partial charge in [0.05, 0.1) is 13.7 Å². The lowest BCUT2D eigenvalue weighted by Gasteiger charge is -2.19. The van der Waals surface area contributed by atoms with Gasteiger partial charge in [0.2, 0.25) is 0 Å². The van der Waals surface area contributed by atoms with Crippen molar-refractivity contribution in [3.63, 3.8) is 0 Å². The van der Waals surface area contributed by atoms with Gasteiger partial charge in [-0.3, -0.25) is 0 Å². The van der Waals surface area contributed by atoms with Crippen molar-refractivity contribution in [1.82, 2.24) is 0 Å². The van der Waals surface area contributed by atoms with E-state index in [0.717, 1.165) is 0 Å². The first-order valence-corrected chi connectivity index (χ1v) is 4.63. The smallest absolute Gasteiger partial charge is 0.337 e. The lowest BCUT2D eigenvalue weighted by Crippen LogP contribution is -2.42. The molecule has 0 aromatic rings. The molecule has 0 amide bonds. The molecule has 1 heterocycles. The van der Waals surface area contributed by atoms with Crippen molar-refractivity contribution in [3.8, 4) is 0 Å². The van der Waals surface area contributed by atoms with Gasteiger partial charge in [-0.05, 0) is 13.8 Å². The van der Waals surface area contributed by atoms with Crippen LogP contribution in [0, 0.1) is 0 Å².